The summed E-state index contributed by atoms with van der Waals surface area (Å²) >= 11 is 0. The fourth-order valence-corrected chi connectivity index (χ4v) is 1.19. The van der Waals surface area contributed by atoms with E-state index >= 15 is 0 Å². The number of rotatable bonds is 4. The number of carboxylic acids is 1. The van der Waals surface area contributed by atoms with Crippen LogP contribution in [0.5, 0.6) is 0 Å². The van der Waals surface area contributed by atoms with Gasteiger partial charge in [-0.1, -0.05) is 31.2 Å². The molecule has 0 atom stereocenters. The van der Waals surface area contributed by atoms with Crippen molar-refractivity contribution in [2.75, 3.05) is 0 Å². The number of aliphatic carboxylic acids is 1. The van der Waals surface area contributed by atoms with E-state index in [1.54, 1.807) is 37.3 Å². The maximum atomic E-state index is 10.7. The number of carboxylic acid groups (broad SMARTS) is 1. The Kier molecular flexibility index (Phi) is 3.80. The normalized spacial score (nSPS) is 11.1. The number of hydrogen-bond donors (Lipinski definition) is 1. The Morgan fingerprint density at radius 1 is 1.27 bits per heavy atom. The lowest BCUT2D eigenvalue weighted by molar-refractivity contribution is -0.132. The average molecular weight is 204 g/mol. The van der Waals surface area contributed by atoms with Crippen LogP contribution < -0.4 is 0 Å². The van der Waals surface area contributed by atoms with Crippen molar-refractivity contribution < 1.29 is 14.7 Å². The van der Waals surface area contributed by atoms with E-state index in [0.717, 1.165) is 11.8 Å². The first-order valence-corrected chi connectivity index (χ1v) is 4.66. The maximum Gasteiger partial charge on any atom is 0.331 e. The number of hydrogen-bond acceptors (Lipinski definition) is 2. The van der Waals surface area contributed by atoms with Gasteiger partial charge in [-0.15, -0.1) is 0 Å². The van der Waals surface area contributed by atoms with Crippen molar-refractivity contribution in [3.8, 4) is 0 Å². The van der Waals surface area contributed by atoms with Crippen LogP contribution in [-0.2, 0) is 4.79 Å². The Morgan fingerprint density at radius 2 is 1.80 bits per heavy atom. The standard InChI is InChI=1S/C12H12O3/c1-2-11(12(14)15)7-9-3-5-10(8-13)6-4-9/h3-8H,2H2,1H3,(H,14,15). The summed E-state index contributed by atoms with van der Waals surface area (Å²) in [5, 5.41) is 8.81. The van der Waals surface area contributed by atoms with Crippen molar-refractivity contribution >= 4 is 18.3 Å². The van der Waals surface area contributed by atoms with E-state index in [1.807, 2.05) is 0 Å². The van der Waals surface area contributed by atoms with Gasteiger partial charge in [0.2, 0.25) is 0 Å². The number of carbonyl (C=O) groups is 2. The van der Waals surface area contributed by atoms with Crippen molar-refractivity contribution in [1.29, 1.82) is 0 Å². The molecule has 0 aromatic heterocycles. The lowest BCUT2D eigenvalue weighted by Crippen LogP contribution is -1.98. The highest BCUT2D eigenvalue weighted by atomic mass is 16.4. The molecule has 0 fully saturated rings. The number of aldehydes is 1. The van der Waals surface area contributed by atoms with Crippen LogP contribution in [0.4, 0.5) is 0 Å². The highest BCUT2D eigenvalue weighted by Gasteiger charge is 2.03. The Balaban J connectivity index is 2.96. The van der Waals surface area contributed by atoms with Crippen molar-refractivity contribution in [3.63, 3.8) is 0 Å². The van der Waals surface area contributed by atoms with E-state index in [0.29, 0.717) is 17.6 Å². The zero-order valence-corrected chi connectivity index (χ0v) is 8.43. The zero-order valence-electron chi connectivity index (χ0n) is 8.43. The lowest BCUT2D eigenvalue weighted by atomic mass is 10.1. The highest BCUT2D eigenvalue weighted by Crippen LogP contribution is 2.10. The topological polar surface area (TPSA) is 54.4 Å². The second-order valence-electron chi connectivity index (χ2n) is 3.11. The molecule has 0 aliphatic heterocycles. The minimum Gasteiger partial charge on any atom is -0.478 e. The van der Waals surface area contributed by atoms with Gasteiger partial charge < -0.3 is 5.11 Å². The summed E-state index contributed by atoms with van der Waals surface area (Å²) in [6.07, 6.45) is 2.84. The molecule has 1 rings (SSSR count). The molecule has 1 aromatic carbocycles. The maximum absolute atomic E-state index is 10.7. The monoisotopic (exact) mass is 204 g/mol. The second-order valence-corrected chi connectivity index (χ2v) is 3.11. The molecule has 0 spiro atoms. The molecule has 1 aromatic rings. The summed E-state index contributed by atoms with van der Waals surface area (Å²) in [7, 11) is 0. The van der Waals surface area contributed by atoms with Crippen molar-refractivity contribution in [1.82, 2.24) is 0 Å². The summed E-state index contributed by atoms with van der Waals surface area (Å²) in [5.74, 6) is -0.906. The van der Waals surface area contributed by atoms with Crippen LogP contribution in [0.25, 0.3) is 6.08 Å². The van der Waals surface area contributed by atoms with Crippen LogP contribution in [0.1, 0.15) is 29.3 Å². The molecular weight excluding hydrogens is 192 g/mol. The van der Waals surface area contributed by atoms with E-state index < -0.39 is 5.97 Å². The van der Waals surface area contributed by atoms with Gasteiger partial charge in [0.25, 0.3) is 0 Å². The predicted octanol–water partition coefficient (Wildman–Crippen LogP) is 2.38. The Bertz CT molecular complexity index is 388. The lowest BCUT2D eigenvalue weighted by Gasteiger charge is -1.98. The molecule has 0 saturated carbocycles. The summed E-state index contributed by atoms with van der Waals surface area (Å²) in [5.41, 5.74) is 1.73. The van der Waals surface area contributed by atoms with Gasteiger partial charge in [-0.25, -0.2) is 4.79 Å². The van der Waals surface area contributed by atoms with Gasteiger partial charge in [-0.3, -0.25) is 4.79 Å². The van der Waals surface area contributed by atoms with Gasteiger partial charge in [-0.05, 0) is 18.1 Å². The SMILES string of the molecule is CCC(=Cc1ccc(C=O)cc1)C(=O)O. The van der Waals surface area contributed by atoms with Crippen molar-refractivity contribution in [2.45, 2.75) is 13.3 Å². The van der Waals surface area contributed by atoms with Gasteiger partial charge in [0.15, 0.2) is 0 Å². The first kappa shape index (κ1) is 11.2. The molecule has 0 bridgehead atoms. The third kappa shape index (κ3) is 3.06. The molecule has 0 aliphatic rings. The average Bonchev–Trinajstić information content (AvgIpc) is 2.26. The fraction of sp³-hybridized carbons (Fsp3) is 0.167. The molecular formula is C12H12O3. The fourth-order valence-electron chi connectivity index (χ4n) is 1.19. The summed E-state index contributed by atoms with van der Waals surface area (Å²) in [6, 6.07) is 6.77. The van der Waals surface area contributed by atoms with Crippen LogP contribution in [0.2, 0.25) is 0 Å². The summed E-state index contributed by atoms with van der Waals surface area (Å²) in [4.78, 5) is 21.1. The van der Waals surface area contributed by atoms with Crippen LogP contribution in [-0.4, -0.2) is 17.4 Å². The third-order valence-electron chi connectivity index (χ3n) is 2.07. The van der Waals surface area contributed by atoms with Crippen LogP contribution in [0.15, 0.2) is 29.8 Å². The third-order valence-corrected chi connectivity index (χ3v) is 2.07. The quantitative estimate of drug-likeness (QED) is 0.605. The minimum absolute atomic E-state index is 0.355. The van der Waals surface area contributed by atoms with Gasteiger partial charge >= 0.3 is 5.97 Å². The molecule has 15 heavy (non-hydrogen) atoms. The smallest absolute Gasteiger partial charge is 0.331 e. The zero-order chi connectivity index (χ0) is 11.3. The summed E-state index contributed by atoms with van der Waals surface area (Å²) < 4.78 is 0. The van der Waals surface area contributed by atoms with Gasteiger partial charge in [0.1, 0.15) is 6.29 Å². The van der Waals surface area contributed by atoms with Crippen LogP contribution in [0, 0.1) is 0 Å². The van der Waals surface area contributed by atoms with Crippen molar-refractivity contribution in [2.24, 2.45) is 0 Å². The molecule has 78 valence electrons. The van der Waals surface area contributed by atoms with Gasteiger partial charge in [0.05, 0.1) is 0 Å². The van der Waals surface area contributed by atoms with E-state index in [-0.39, 0.29) is 0 Å². The predicted molar refractivity (Wildman–Crippen MR) is 57.7 cm³/mol. The Labute approximate surface area is 88.0 Å². The molecule has 3 nitrogen and oxygen atoms in total. The van der Waals surface area contributed by atoms with Gasteiger partial charge in [0, 0.05) is 11.1 Å². The molecule has 0 radical (unpaired) electrons. The first-order valence-electron chi connectivity index (χ1n) is 4.66. The Hall–Kier alpha value is -1.90. The molecule has 0 amide bonds. The molecule has 0 unspecified atom stereocenters. The molecule has 0 aliphatic carbocycles. The van der Waals surface area contributed by atoms with Gasteiger partial charge in [-0.2, -0.15) is 0 Å². The number of benzene rings is 1. The minimum atomic E-state index is -0.906. The van der Waals surface area contributed by atoms with Crippen LogP contribution >= 0.6 is 0 Å². The van der Waals surface area contributed by atoms with Crippen LogP contribution in [0.3, 0.4) is 0 Å². The number of carbonyl (C=O) groups excluding carboxylic acids is 1. The van der Waals surface area contributed by atoms with E-state index in [9.17, 15) is 9.59 Å². The molecule has 3 heteroatoms. The van der Waals surface area contributed by atoms with E-state index in [1.165, 1.54) is 0 Å². The van der Waals surface area contributed by atoms with Crippen molar-refractivity contribution in [3.05, 3.63) is 41.0 Å². The second kappa shape index (κ2) is 5.10. The highest BCUT2D eigenvalue weighted by molar-refractivity contribution is 5.92. The molecule has 0 saturated heterocycles. The Morgan fingerprint density at radius 3 is 2.20 bits per heavy atom. The molecule has 1 N–H and O–H groups in total. The summed E-state index contributed by atoms with van der Waals surface area (Å²) in [6.45, 7) is 1.79. The van der Waals surface area contributed by atoms with E-state index in [2.05, 4.69) is 0 Å². The van der Waals surface area contributed by atoms with E-state index in [4.69, 9.17) is 5.11 Å². The largest absolute Gasteiger partial charge is 0.478 e. The molecule has 0 heterocycles. The first-order chi connectivity index (χ1) is 7.17.